The quantitative estimate of drug-likeness (QED) is 0.196. The SMILES string of the molecule is c1ccc(-n2c3ccccc3c3c4ccc5cc6c(c7ccc(cc32)c4c57)c2ccccc2n6-c2ccccc2)cc1. The molecule has 0 atom stereocenters. The third-order valence-electron chi connectivity index (χ3n) is 9.20. The highest BCUT2D eigenvalue weighted by atomic mass is 15.0. The van der Waals surface area contributed by atoms with E-state index >= 15 is 0 Å². The third-order valence-corrected chi connectivity index (χ3v) is 9.20. The van der Waals surface area contributed by atoms with Crippen molar-refractivity contribution in [2.24, 2.45) is 0 Å². The molecule has 10 aromatic rings. The van der Waals surface area contributed by atoms with Crippen molar-refractivity contribution in [3.63, 3.8) is 0 Å². The minimum Gasteiger partial charge on any atom is -0.309 e. The van der Waals surface area contributed by atoms with E-state index < -0.39 is 0 Å². The van der Waals surface area contributed by atoms with Crippen LogP contribution in [0.5, 0.6) is 0 Å². The van der Waals surface area contributed by atoms with E-state index in [1.165, 1.54) is 87.3 Å². The van der Waals surface area contributed by atoms with Crippen molar-refractivity contribution in [2.75, 3.05) is 0 Å². The van der Waals surface area contributed by atoms with Crippen molar-refractivity contribution in [3.8, 4) is 11.4 Å². The van der Waals surface area contributed by atoms with Gasteiger partial charge in [0.25, 0.3) is 0 Å². The number of benzene rings is 8. The van der Waals surface area contributed by atoms with E-state index in [0.717, 1.165) is 0 Å². The topological polar surface area (TPSA) is 9.86 Å². The number of fused-ring (bicyclic) bond motifs is 8. The number of aromatic nitrogens is 2. The van der Waals surface area contributed by atoms with Crippen LogP contribution in [0.1, 0.15) is 0 Å². The van der Waals surface area contributed by atoms with Gasteiger partial charge in [-0.1, -0.05) is 97.1 Å². The van der Waals surface area contributed by atoms with Gasteiger partial charge in [0, 0.05) is 32.9 Å². The number of para-hydroxylation sites is 4. The standard InChI is InChI=1S/C40H24N2/c1-3-11-27(12-4-1)41-33-17-9-7-15-29(33)39-31-21-20-26-24-36-40(32-22-19-25(23-35(39)41)37(31)38(26)32)30-16-8-10-18-34(30)42(36)28-13-5-2-6-14-28/h1-24H. The number of hydrogen-bond acceptors (Lipinski definition) is 0. The first kappa shape index (κ1) is 22.1. The molecule has 0 saturated carbocycles. The molecule has 2 heterocycles. The Hall–Kier alpha value is -5.60. The minimum atomic E-state index is 1.19. The highest BCUT2D eigenvalue weighted by Gasteiger charge is 2.21. The van der Waals surface area contributed by atoms with E-state index in [-0.39, 0.29) is 0 Å². The maximum Gasteiger partial charge on any atom is 0.0553 e. The van der Waals surface area contributed by atoms with E-state index in [1.807, 2.05) is 0 Å². The monoisotopic (exact) mass is 532 g/mol. The van der Waals surface area contributed by atoms with E-state index in [1.54, 1.807) is 0 Å². The van der Waals surface area contributed by atoms with Gasteiger partial charge >= 0.3 is 0 Å². The molecule has 0 aliphatic rings. The van der Waals surface area contributed by atoms with Gasteiger partial charge in [-0.05, 0) is 80.8 Å². The summed E-state index contributed by atoms with van der Waals surface area (Å²) in [6, 6.07) is 53.3. The van der Waals surface area contributed by atoms with Crippen LogP contribution in [0.3, 0.4) is 0 Å². The van der Waals surface area contributed by atoms with Gasteiger partial charge in [-0.3, -0.25) is 0 Å². The second-order valence-corrected chi connectivity index (χ2v) is 11.3. The molecule has 2 aromatic heterocycles. The maximum absolute atomic E-state index is 2.42. The Morgan fingerprint density at radius 2 is 0.690 bits per heavy atom. The predicted molar refractivity (Wildman–Crippen MR) is 179 cm³/mol. The molecule has 0 amide bonds. The van der Waals surface area contributed by atoms with Gasteiger partial charge in [-0.25, -0.2) is 0 Å². The lowest BCUT2D eigenvalue weighted by molar-refractivity contribution is 1.18. The summed E-state index contributed by atoms with van der Waals surface area (Å²) in [6.07, 6.45) is 0. The first-order chi connectivity index (χ1) is 20.9. The zero-order valence-electron chi connectivity index (χ0n) is 22.8. The normalized spacial score (nSPS) is 12.3. The number of rotatable bonds is 2. The van der Waals surface area contributed by atoms with Gasteiger partial charge in [-0.15, -0.1) is 0 Å². The second kappa shape index (κ2) is 7.99. The molecule has 2 nitrogen and oxygen atoms in total. The van der Waals surface area contributed by atoms with E-state index in [4.69, 9.17) is 0 Å². The van der Waals surface area contributed by atoms with E-state index in [0.29, 0.717) is 0 Å². The van der Waals surface area contributed by atoms with Gasteiger partial charge in [0.1, 0.15) is 0 Å². The molecule has 10 rings (SSSR count). The van der Waals surface area contributed by atoms with Crippen LogP contribution >= 0.6 is 0 Å². The van der Waals surface area contributed by atoms with Crippen LogP contribution in [0.15, 0.2) is 146 Å². The highest BCUT2D eigenvalue weighted by molar-refractivity contribution is 6.37. The molecular weight excluding hydrogens is 508 g/mol. The van der Waals surface area contributed by atoms with Crippen molar-refractivity contribution >= 4 is 75.9 Å². The van der Waals surface area contributed by atoms with Crippen LogP contribution in [0, 0.1) is 0 Å². The van der Waals surface area contributed by atoms with Crippen molar-refractivity contribution in [2.45, 2.75) is 0 Å². The fraction of sp³-hybridized carbons (Fsp3) is 0. The molecule has 8 aromatic carbocycles. The predicted octanol–water partition coefficient (Wildman–Crippen LogP) is 10.8. The van der Waals surface area contributed by atoms with Crippen molar-refractivity contribution in [1.82, 2.24) is 9.13 Å². The molecule has 0 spiro atoms. The summed E-state index contributed by atoms with van der Waals surface area (Å²) in [5, 5.41) is 13.1. The molecule has 0 aliphatic heterocycles. The molecule has 0 unspecified atom stereocenters. The van der Waals surface area contributed by atoms with Crippen molar-refractivity contribution in [3.05, 3.63) is 146 Å². The molecule has 0 aliphatic carbocycles. The van der Waals surface area contributed by atoms with Crippen molar-refractivity contribution in [1.29, 1.82) is 0 Å². The van der Waals surface area contributed by atoms with Crippen LogP contribution in [0.4, 0.5) is 0 Å². The van der Waals surface area contributed by atoms with Gasteiger partial charge in [0.2, 0.25) is 0 Å². The third kappa shape index (κ3) is 2.74. The highest BCUT2D eigenvalue weighted by Crippen LogP contribution is 2.46. The smallest absolute Gasteiger partial charge is 0.0553 e. The first-order valence-corrected chi connectivity index (χ1v) is 14.5. The average Bonchev–Trinajstić information content (AvgIpc) is 3.56. The fourth-order valence-corrected chi connectivity index (χ4v) is 7.57. The Morgan fingerprint density at radius 1 is 0.286 bits per heavy atom. The maximum atomic E-state index is 2.42. The molecule has 0 fully saturated rings. The van der Waals surface area contributed by atoms with Gasteiger partial charge in [0.05, 0.1) is 22.1 Å². The van der Waals surface area contributed by atoms with Crippen LogP contribution in [0.2, 0.25) is 0 Å². The molecule has 0 N–H and O–H groups in total. The summed E-state index contributed by atoms with van der Waals surface area (Å²) >= 11 is 0. The van der Waals surface area contributed by atoms with Gasteiger partial charge < -0.3 is 9.13 Å². The summed E-state index contributed by atoms with van der Waals surface area (Å²) in [5.74, 6) is 0. The summed E-state index contributed by atoms with van der Waals surface area (Å²) in [5.41, 5.74) is 7.35. The summed E-state index contributed by atoms with van der Waals surface area (Å²) in [6.45, 7) is 0. The summed E-state index contributed by atoms with van der Waals surface area (Å²) < 4.78 is 4.84. The molecule has 0 bridgehead atoms. The number of hydrogen-bond donors (Lipinski definition) is 0. The molecule has 0 saturated heterocycles. The zero-order valence-corrected chi connectivity index (χ0v) is 22.8. The lowest BCUT2D eigenvalue weighted by Crippen LogP contribution is -1.94. The minimum absolute atomic E-state index is 1.19. The molecule has 0 radical (unpaired) electrons. The van der Waals surface area contributed by atoms with Crippen molar-refractivity contribution < 1.29 is 0 Å². The molecule has 42 heavy (non-hydrogen) atoms. The Kier molecular flexibility index (Phi) is 4.21. The zero-order chi connectivity index (χ0) is 27.4. The lowest BCUT2D eigenvalue weighted by Gasteiger charge is -2.15. The summed E-state index contributed by atoms with van der Waals surface area (Å²) in [7, 11) is 0. The van der Waals surface area contributed by atoms with Gasteiger partial charge in [-0.2, -0.15) is 0 Å². The fourth-order valence-electron chi connectivity index (χ4n) is 7.57. The van der Waals surface area contributed by atoms with E-state index in [2.05, 4.69) is 155 Å². The first-order valence-electron chi connectivity index (χ1n) is 14.5. The Morgan fingerprint density at radius 3 is 1.14 bits per heavy atom. The Labute approximate surface area is 241 Å². The number of nitrogens with zero attached hydrogens (tertiary/aromatic N) is 2. The van der Waals surface area contributed by atoms with Crippen LogP contribution in [0.25, 0.3) is 87.3 Å². The molecular formula is C40H24N2. The van der Waals surface area contributed by atoms with Crippen LogP contribution < -0.4 is 0 Å². The average molecular weight is 533 g/mol. The lowest BCUT2D eigenvalue weighted by atomic mass is 9.90. The largest absolute Gasteiger partial charge is 0.309 e. The van der Waals surface area contributed by atoms with Gasteiger partial charge in [0.15, 0.2) is 0 Å². The van der Waals surface area contributed by atoms with E-state index in [9.17, 15) is 0 Å². The summed E-state index contributed by atoms with van der Waals surface area (Å²) in [4.78, 5) is 0. The Balaban J connectivity index is 1.42. The Bertz CT molecular complexity index is 2470. The molecule has 2 heteroatoms. The van der Waals surface area contributed by atoms with Crippen LogP contribution in [-0.4, -0.2) is 9.13 Å². The second-order valence-electron chi connectivity index (χ2n) is 11.3. The molecule has 194 valence electrons. The van der Waals surface area contributed by atoms with Crippen LogP contribution in [-0.2, 0) is 0 Å².